The lowest BCUT2D eigenvalue weighted by Crippen LogP contribution is -2.71. The molecule has 4 bridgehead atoms. The van der Waals surface area contributed by atoms with E-state index in [0.29, 0.717) is 37.6 Å². The lowest BCUT2D eigenvalue weighted by Gasteiger charge is -2.57. The summed E-state index contributed by atoms with van der Waals surface area (Å²) in [6.45, 7) is 7.64. The molecule has 170 valence electrons. The van der Waals surface area contributed by atoms with Crippen molar-refractivity contribution in [2.75, 3.05) is 33.3 Å². The highest BCUT2D eigenvalue weighted by molar-refractivity contribution is 6.07. The monoisotopic (exact) mass is 438 g/mol. The first-order valence-corrected chi connectivity index (χ1v) is 12.2. The molecule has 7 nitrogen and oxygen atoms in total. The third-order valence-electron chi connectivity index (χ3n) is 10.9. The van der Waals surface area contributed by atoms with Crippen molar-refractivity contribution in [3.05, 3.63) is 29.3 Å². The van der Waals surface area contributed by atoms with Crippen molar-refractivity contribution >= 4 is 11.9 Å². The second-order valence-corrected chi connectivity index (χ2v) is 11.2. The summed E-state index contributed by atoms with van der Waals surface area (Å²) in [5.74, 6) is 1.43. The van der Waals surface area contributed by atoms with Crippen LogP contribution < -0.4 is 10.1 Å². The lowest BCUT2D eigenvalue weighted by molar-refractivity contribution is -0.832. The molecular formula is C25H32N3O4+. The van der Waals surface area contributed by atoms with Gasteiger partial charge in [0.05, 0.1) is 20.2 Å². The Labute approximate surface area is 188 Å². The van der Waals surface area contributed by atoms with Gasteiger partial charge in [0.25, 0.3) is 5.91 Å². The molecule has 7 rings (SSSR count). The Morgan fingerprint density at radius 3 is 2.75 bits per heavy atom. The summed E-state index contributed by atoms with van der Waals surface area (Å²) in [6.07, 6.45) is 2.55. The van der Waals surface area contributed by atoms with E-state index >= 15 is 0 Å². The van der Waals surface area contributed by atoms with E-state index in [1.54, 1.807) is 7.11 Å². The molecule has 4 unspecified atom stereocenters. The number of hydrogen-bond acceptors (Lipinski definition) is 4. The molecule has 1 aromatic carbocycles. The lowest BCUT2D eigenvalue weighted by atomic mass is 9.50. The number of aliphatic hydroxyl groups is 1. The van der Waals surface area contributed by atoms with Crippen molar-refractivity contribution in [2.45, 2.75) is 61.6 Å². The van der Waals surface area contributed by atoms with Gasteiger partial charge in [-0.25, -0.2) is 4.79 Å². The first kappa shape index (κ1) is 19.4. The molecule has 0 radical (unpaired) electrons. The zero-order valence-electron chi connectivity index (χ0n) is 19.1. The smallest absolute Gasteiger partial charge is 0.325 e. The maximum atomic E-state index is 13.6. The molecule has 3 saturated heterocycles. The Morgan fingerprint density at radius 1 is 1.25 bits per heavy atom. The van der Waals surface area contributed by atoms with Crippen LogP contribution in [0.3, 0.4) is 0 Å². The standard InChI is InChI=1S/C25H31N3O4/c1-4-27-20(29)22(26-21(27)30)8-9-25(31)23(13-22)17-11-16(32-3)7-6-15(17)10-18-19(23)12-28(5-2)14-24(18,25)28/h6-7,11,18-19,31H,4-5,8-10,12-14H2,1-3H3/p+1/t18?,19?,22-,23+,24?,25-,28?/m0/s1. The van der Waals surface area contributed by atoms with Crippen LogP contribution >= 0.6 is 0 Å². The molecule has 3 heterocycles. The van der Waals surface area contributed by atoms with E-state index in [4.69, 9.17) is 4.74 Å². The van der Waals surface area contributed by atoms with E-state index in [2.05, 4.69) is 24.4 Å². The number of carbonyl (C=O) groups excluding carboxylic acids is 2. The third-order valence-corrected chi connectivity index (χ3v) is 10.9. The van der Waals surface area contributed by atoms with Crippen molar-refractivity contribution < 1.29 is 23.9 Å². The minimum atomic E-state index is -0.917. The normalized spacial score (nSPS) is 49.1. The summed E-state index contributed by atoms with van der Waals surface area (Å²) in [5, 5.41) is 15.9. The Kier molecular flexibility index (Phi) is 3.23. The van der Waals surface area contributed by atoms with E-state index in [9.17, 15) is 14.7 Å². The molecule has 7 atom stereocenters. The van der Waals surface area contributed by atoms with Gasteiger partial charge in [-0.1, -0.05) is 6.07 Å². The second-order valence-electron chi connectivity index (χ2n) is 11.2. The zero-order chi connectivity index (χ0) is 22.3. The highest BCUT2D eigenvalue weighted by atomic mass is 16.5. The van der Waals surface area contributed by atoms with Gasteiger partial charge >= 0.3 is 6.03 Å². The Balaban J connectivity index is 1.47. The van der Waals surface area contributed by atoms with Crippen molar-refractivity contribution in [3.8, 4) is 5.75 Å². The average molecular weight is 439 g/mol. The quantitative estimate of drug-likeness (QED) is 0.427. The van der Waals surface area contributed by atoms with Crippen LogP contribution in [0.4, 0.5) is 4.79 Å². The Bertz CT molecular complexity index is 1110. The molecule has 1 aromatic rings. The average Bonchev–Trinajstić information content (AvgIpc) is 3.30. The van der Waals surface area contributed by atoms with Gasteiger partial charge in [0.2, 0.25) is 0 Å². The van der Waals surface area contributed by atoms with Crippen LogP contribution in [-0.4, -0.2) is 76.4 Å². The van der Waals surface area contributed by atoms with Gasteiger partial charge in [-0.3, -0.25) is 9.69 Å². The number of methoxy groups -OCH3 is 1. The minimum Gasteiger partial charge on any atom is -0.497 e. The van der Waals surface area contributed by atoms with Gasteiger partial charge in [-0.2, -0.15) is 0 Å². The number of hydrogen-bond donors (Lipinski definition) is 2. The number of amides is 3. The van der Waals surface area contributed by atoms with Crippen molar-refractivity contribution in [1.82, 2.24) is 10.2 Å². The van der Waals surface area contributed by atoms with Gasteiger partial charge < -0.3 is 19.6 Å². The summed E-state index contributed by atoms with van der Waals surface area (Å²) < 4.78 is 6.64. The van der Waals surface area contributed by atoms with Gasteiger partial charge in [-0.15, -0.1) is 0 Å². The van der Waals surface area contributed by atoms with Gasteiger partial charge in [0.1, 0.15) is 23.4 Å². The number of ether oxygens (including phenoxy) is 1. The van der Waals surface area contributed by atoms with Crippen LogP contribution in [0.2, 0.25) is 0 Å². The Hall–Kier alpha value is -2.12. The molecule has 6 aliphatic rings. The third kappa shape index (κ3) is 1.61. The SMILES string of the molecule is CCN1C(=O)N[C@]2(CC[C@@]3(O)C45C[N+]4(CC)CC4C5Cc5ccc(OC)cc5[C@]43C2)C1=O. The number of urea groups is 1. The van der Waals surface area contributed by atoms with E-state index in [1.165, 1.54) is 10.5 Å². The topological polar surface area (TPSA) is 78.9 Å². The first-order valence-electron chi connectivity index (χ1n) is 12.2. The molecule has 5 fully saturated rings. The summed E-state index contributed by atoms with van der Waals surface area (Å²) in [5.41, 5.74) is 0.0197. The second kappa shape index (κ2) is 5.33. The Morgan fingerprint density at radius 2 is 2.06 bits per heavy atom. The highest BCUT2D eigenvalue weighted by Crippen LogP contribution is 2.81. The molecule has 0 aromatic heterocycles. The van der Waals surface area contributed by atoms with Crippen LogP contribution in [0.1, 0.15) is 44.2 Å². The first-order chi connectivity index (χ1) is 15.3. The predicted molar refractivity (Wildman–Crippen MR) is 116 cm³/mol. The van der Waals surface area contributed by atoms with Crippen molar-refractivity contribution in [1.29, 1.82) is 0 Å². The molecule has 2 N–H and O–H groups in total. The fourth-order valence-corrected chi connectivity index (χ4v) is 9.77. The zero-order valence-corrected chi connectivity index (χ0v) is 19.1. The summed E-state index contributed by atoms with van der Waals surface area (Å²) in [4.78, 5) is 27.6. The molecule has 3 aliphatic carbocycles. The van der Waals surface area contributed by atoms with Gasteiger partial charge in [0, 0.05) is 23.8 Å². The number of likely N-dealkylation sites (N-methyl/N-ethyl adjacent to an activating group) is 2. The number of piperidine rings is 2. The molecular weight excluding hydrogens is 406 g/mol. The summed E-state index contributed by atoms with van der Waals surface area (Å²) >= 11 is 0. The number of fused-ring (bicyclic) bond motifs is 1. The fraction of sp³-hybridized carbons (Fsp3) is 0.680. The van der Waals surface area contributed by atoms with E-state index in [-0.39, 0.29) is 17.5 Å². The molecule has 2 saturated carbocycles. The maximum Gasteiger partial charge on any atom is 0.325 e. The van der Waals surface area contributed by atoms with Gasteiger partial charge in [-0.05, 0) is 62.8 Å². The molecule has 3 aliphatic heterocycles. The van der Waals surface area contributed by atoms with E-state index in [0.717, 1.165) is 41.9 Å². The highest BCUT2D eigenvalue weighted by Gasteiger charge is 2.98. The number of nitrogens with zero attached hydrogens (tertiary/aromatic N) is 2. The molecule has 3 amide bonds. The van der Waals surface area contributed by atoms with Crippen LogP contribution in [0.25, 0.3) is 0 Å². The number of benzene rings is 1. The van der Waals surface area contributed by atoms with Crippen molar-refractivity contribution in [2.24, 2.45) is 11.8 Å². The number of rotatable bonds is 3. The number of imide groups is 1. The predicted octanol–water partition coefficient (Wildman–Crippen LogP) is 1.56. The van der Waals surface area contributed by atoms with Crippen LogP contribution in [0.5, 0.6) is 5.75 Å². The van der Waals surface area contributed by atoms with Crippen LogP contribution in [-0.2, 0) is 16.6 Å². The fourth-order valence-electron chi connectivity index (χ4n) is 9.77. The molecule has 32 heavy (non-hydrogen) atoms. The van der Waals surface area contributed by atoms with Crippen LogP contribution in [0, 0.1) is 11.8 Å². The van der Waals surface area contributed by atoms with E-state index < -0.39 is 16.6 Å². The largest absolute Gasteiger partial charge is 0.497 e. The van der Waals surface area contributed by atoms with Crippen molar-refractivity contribution in [3.63, 3.8) is 0 Å². The number of carbonyl (C=O) groups is 2. The molecule has 7 heteroatoms. The minimum absolute atomic E-state index is 0.111. The number of quaternary nitrogens is 1. The van der Waals surface area contributed by atoms with E-state index in [1.807, 2.05) is 13.0 Å². The van der Waals surface area contributed by atoms with Crippen LogP contribution in [0.15, 0.2) is 18.2 Å². The maximum absolute atomic E-state index is 13.6. The number of nitrogens with one attached hydrogen (secondary N) is 1. The van der Waals surface area contributed by atoms with Gasteiger partial charge in [0.15, 0.2) is 5.54 Å². The molecule has 3 spiro atoms. The summed E-state index contributed by atoms with van der Waals surface area (Å²) in [7, 11) is 1.68. The summed E-state index contributed by atoms with van der Waals surface area (Å²) in [6, 6.07) is 6.02.